The van der Waals surface area contributed by atoms with Gasteiger partial charge in [-0.2, -0.15) is 0 Å². The average Bonchev–Trinajstić information content (AvgIpc) is 2.80. The SMILES string of the molecule is COc1cccc(C=C2c3ccccc3CCc3ccccc32)c1. The van der Waals surface area contributed by atoms with Crippen molar-refractivity contribution in [2.45, 2.75) is 12.8 Å². The maximum absolute atomic E-state index is 5.38. The molecule has 24 heavy (non-hydrogen) atoms. The molecule has 0 saturated carbocycles. The molecule has 0 radical (unpaired) electrons. The highest BCUT2D eigenvalue weighted by molar-refractivity contribution is 5.94. The smallest absolute Gasteiger partial charge is 0.119 e. The molecule has 0 atom stereocenters. The summed E-state index contributed by atoms with van der Waals surface area (Å²) >= 11 is 0. The second kappa shape index (κ2) is 6.37. The minimum Gasteiger partial charge on any atom is -0.497 e. The first-order valence-corrected chi connectivity index (χ1v) is 8.37. The summed E-state index contributed by atoms with van der Waals surface area (Å²) in [5, 5.41) is 0. The summed E-state index contributed by atoms with van der Waals surface area (Å²) in [5.41, 5.74) is 7.98. The molecule has 1 heteroatoms. The highest BCUT2D eigenvalue weighted by Gasteiger charge is 2.17. The van der Waals surface area contributed by atoms with Crippen LogP contribution in [0.5, 0.6) is 5.75 Å². The molecule has 0 bridgehead atoms. The van der Waals surface area contributed by atoms with Crippen LogP contribution < -0.4 is 4.74 Å². The fourth-order valence-electron chi connectivity index (χ4n) is 3.47. The predicted octanol–water partition coefficient (Wildman–Crippen LogP) is 5.38. The van der Waals surface area contributed by atoms with E-state index in [0.29, 0.717) is 0 Å². The summed E-state index contributed by atoms with van der Waals surface area (Å²) < 4.78 is 5.38. The van der Waals surface area contributed by atoms with E-state index in [1.165, 1.54) is 27.8 Å². The van der Waals surface area contributed by atoms with E-state index in [9.17, 15) is 0 Å². The van der Waals surface area contributed by atoms with Crippen molar-refractivity contribution in [2.24, 2.45) is 0 Å². The molecule has 0 saturated heterocycles. The molecule has 0 fully saturated rings. The van der Waals surface area contributed by atoms with E-state index in [1.54, 1.807) is 7.11 Å². The van der Waals surface area contributed by atoms with Crippen molar-refractivity contribution >= 4 is 11.6 Å². The molecular weight excluding hydrogens is 292 g/mol. The largest absolute Gasteiger partial charge is 0.497 e. The van der Waals surface area contributed by atoms with Crippen molar-refractivity contribution in [1.29, 1.82) is 0 Å². The van der Waals surface area contributed by atoms with Crippen molar-refractivity contribution in [1.82, 2.24) is 0 Å². The maximum atomic E-state index is 5.38. The van der Waals surface area contributed by atoms with Gasteiger partial charge in [-0.05, 0) is 64.4 Å². The molecule has 0 spiro atoms. The molecule has 0 N–H and O–H groups in total. The lowest BCUT2D eigenvalue weighted by atomic mass is 9.92. The van der Waals surface area contributed by atoms with Crippen LogP contribution in [-0.4, -0.2) is 7.11 Å². The van der Waals surface area contributed by atoms with Gasteiger partial charge in [0.1, 0.15) is 5.75 Å². The zero-order valence-corrected chi connectivity index (χ0v) is 13.8. The number of rotatable bonds is 2. The fraction of sp³-hybridized carbons (Fsp3) is 0.130. The third-order valence-electron chi connectivity index (χ3n) is 4.68. The van der Waals surface area contributed by atoms with Crippen LogP contribution in [0.4, 0.5) is 0 Å². The Morgan fingerprint density at radius 3 is 2.00 bits per heavy atom. The second-order valence-corrected chi connectivity index (χ2v) is 6.15. The number of ether oxygens (including phenoxy) is 1. The van der Waals surface area contributed by atoms with Crippen LogP contribution in [-0.2, 0) is 12.8 Å². The first kappa shape index (κ1) is 14.8. The zero-order valence-electron chi connectivity index (χ0n) is 13.8. The summed E-state index contributed by atoms with van der Waals surface area (Å²) in [6.45, 7) is 0. The normalized spacial score (nSPS) is 12.8. The van der Waals surface area contributed by atoms with Crippen molar-refractivity contribution in [3.63, 3.8) is 0 Å². The van der Waals surface area contributed by atoms with Crippen molar-refractivity contribution in [3.05, 3.63) is 101 Å². The van der Waals surface area contributed by atoms with Crippen molar-refractivity contribution < 1.29 is 4.74 Å². The van der Waals surface area contributed by atoms with Crippen LogP contribution in [0.2, 0.25) is 0 Å². The number of hydrogen-bond acceptors (Lipinski definition) is 1. The Balaban J connectivity index is 1.94. The molecule has 0 aromatic heterocycles. The number of fused-ring (bicyclic) bond motifs is 2. The minimum atomic E-state index is 0.888. The fourth-order valence-corrected chi connectivity index (χ4v) is 3.47. The molecule has 1 nitrogen and oxygen atoms in total. The molecule has 1 aliphatic carbocycles. The lowest BCUT2D eigenvalue weighted by Gasteiger charge is -2.12. The van der Waals surface area contributed by atoms with E-state index in [-0.39, 0.29) is 0 Å². The van der Waals surface area contributed by atoms with Crippen LogP contribution >= 0.6 is 0 Å². The molecule has 0 amide bonds. The minimum absolute atomic E-state index is 0.888. The zero-order chi connectivity index (χ0) is 16.4. The maximum Gasteiger partial charge on any atom is 0.119 e. The number of hydrogen-bond donors (Lipinski definition) is 0. The Labute approximate surface area is 143 Å². The van der Waals surface area contributed by atoms with Gasteiger partial charge in [0.15, 0.2) is 0 Å². The van der Waals surface area contributed by atoms with Gasteiger partial charge in [0.05, 0.1) is 7.11 Å². The van der Waals surface area contributed by atoms with Gasteiger partial charge in [-0.25, -0.2) is 0 Å². The lowest BCUT2D eigenvalue weighted by molar-refractivity contribution is 0.414. The summed E-state index contributed by atoms with van der Waals surface area (Å²) in [7, 11) is 1.71. The molecule has 1 aliphatic rings. The van der Waals surface area contributed by atoms with Gasteiger partial charge in [0.25, 0.3) is 0 Å². The standard InChI is InChI=1S/C23H20O/c1-24-20-10-6-7-17(15-20)16-23-21-11-4-2-8-18(21)13-14-19-9-3-5-12-22(19)23/h2-12,15-16H,13-14H2,1H3. The first-order valence-electron chi connectivity index (χ1n) is 8.37. The molecule has 4 rings (SSSR count). The Kier molecular flexibility index (Phi) is 3.92. The van der Waals surface area contributed by atoms with Gasteiger partial charge in [-0.3, -0.25) is 0 Å². The molecule has 3 aromatic carbocycles. The monoisotopic (exact) mass is 312 g/mol. The van der Waals surface area contributed by atoms with Crippen LogP contribution in [0.3, 0.4) is 0 Å². The molecule has 118 valence electrons. The van der Waals surface area contributed by atoms with E-state index in [1.807, 2.05) is 12.1 Å². The third-order valence-corrected chi connectivity index (χ3v) is 4.68. The van der Waals surface area contributed by atoms with Crippen LogP contribution in [0.1, 0.15) is 27.8 Å². The molecule has 3 aromatic rings. The number of benzene rings is 3. The third kappa shape index (κ3) is 2.74. The van der Waals surface area contributed by atoms with E-state index in [0.717, 1.165) is 24.2 Å². The second-order valence-electron chi connectivity index (χ2n) is 6.15. The van der Waals surface area contributed by atoms with Gasteiger partial charge in [0, 0.05) is 0 Å². The molecule has 0 aliphatic heterocycles. The van der Waals surface area contributed by atoms with Crippen molar-refractivity contribution in [3.8, 4) is 5.75 Å². The van der Waals surface area contributed by atoms with E-state index in [4.69, 9.17) is 4.74 Å². The summed E-state index contributed by atoms with van der Waals surface area (Å²) in [5.74, 6) is 0.888. The Morgan fingerprint density at radius 1 is 0.750 bits per heavy atom. The lowest BCUT2D eigenvalue weighted by Crippen LogP contribution is -1.92. The quantitative estimate of drug-likeness (QED) is 0.617. The van der Waals surface area contributed by atoms with E-state index < -0.39 is 0 Å². The number of aryl methyl sites for hydroxylation is 2. The molecule has 0 heterocycles. The van der Waals surface area contributed by atoms with Crippen LogP contribution in [0.25, 0.3) is 11.6 Å². The highest BCUT2D eigenvalue weighted by Crippen LogP contribution is 2.35. The highest BCUT2D eigenvalue weighted by atomic mass is 16.5. The van der Waals surface area contributed by atoms with Crippen LogP contribution in [0.15, 0.2) is 72.8 Å². The summed E-state index contributed by atoms with van der Waals surface area (Å²) in [6, 6.07) is 25.8. The van der Waals surface area contributed by atoms with Gasteiger partial charge in [-0.1, -0.05) is 60.7 Å². The Morgan fingerprint density at radius 2 is 1.38 bits per heavy atom. The molecular formula is C23H20O. The average molecular weight is 312 g/mol. The first-order chi connectivity index (χ1) is 11.8. The van der Waals surface area contributed by atoms with Gasteiger partial charge in [-0.15, -0.1) is 0 Å². The van der Waals surface area contributed by atoms with E-state index in [2.05, 4.69) is 66.7 Å². The topological polar surface area (TPSA) is 9.23 Å². The molecule has 0 unspecified atom stereocenters. The number of methoxy groups -OCH3 is 1. The Bertz CT molecular complexity index is 856. The summed E-state index contributed by atoms with van der Waals surface area (Å²) in [4.78, 5) is 0. The van der Waals surface area contributed by atoms with Gasteiger partial charge >= 0.3 is 0 Å². The summed E-state index contributed by atoms with van der Waals surface area (Å²) in [6.07, 6.45) is 4.46. The van der Waals surface area contributed by atoms with Crippen molar-refractivity contribution in [2.75, 3.05) is 7.11 Å². The van der Waals surface area contributed by atoms with Crippen LogP contribution in [0, 0.1) is 0 Å². The van der Waals surface area contributed by atoms with Gasteiger partial charge < -0.3 is 4.74 Å². The Hall–Kier alpha value is -2.80. The van der Waals surface area contributed by atoms with Gasteiger partial charge in [0.2, 0.25) is 0 Å². The van der Waals surface area contributed by atoms with E-state index >= 15 is 0 Å². The predicted molar refractivity (Wildman–Crippen MR) is 100 cm³/mol.